The van der Waals surface area contributed by atoms with Crippen LogP contribution in [0.2, 0.25) is 0 Å². The Morgan fingerprint density at radius 2 is 1.28 bits per heavy atom. The van der Waals surface area contributed by atoms with E-state index in [0.717, 1.165) is 10.6 Å². The molecule has 2 heteroatoms. The summed E-state index contributed by atoms with van der Waals surface area (Å²) in [6.07, 6.45) is 0. The average molecular weight is 252 g/mol. The van der Waals surface area contributed by atoms with Crippen molar-refractivity contribution in [3.8, 4) is 0 Å². The van der Waals surface area contributed by atoms with Gasteiger partial charge in [-0.15, -0.1) is 0 Å². The quantitative estimate of drug-likeness (QED) is 0.694. The van der Waals surface area contributed by atoms with Crippen LogP contribution in [0.4, 0.5) is 0 Å². The Hall–Kier alpha value is -1.69. The second-order valence-corrected chi connectivity index (χ2v) is 5.84. The summed E-state index contributed by atoms with van der Waals surface area (Å²) in [6.45, 7) is 0. The molecule has 1 atom stereocenters. The zero-order valence-corrected chi connectivity index (χ0v) is 10.7. The molecule has 0 saturated heterocycles. The third-order valence-electron chi connectivity index (χ3n) is 2.98. The molecule has 0 spiro atoms. The normalized spacial score (nSPS) is 12.5. The third kappa shape index (κ3) is 2.15. The maximum atomic E-state index is 10.4. The average Bonchev–Trinajstić information content (AvgIpc) is 2.47. The van der Waals surface area contributed by atoms with Gasteiger partial charge in [-0.25, -0.2) is 0 Å². The molecule has 18 heavy (non-hydrogen) atoms. The summed E-state index contributed by atoms with van der Waals surface area (Å²) in [6, 6.07) is 24.2. The zero-order valence-electron chi connectivity index (χ0n) is 9.82. The van der Waals surface area contributed by atoms with Gasteiger partial charge in [0.2, 0.25) is 0 Å². The summed E-state index contributed by atoms with van der Waals surface area (Å²) in [7, 11) is -1.24. The predicted molar refractivity (Wildman–Crippen MR) is 78.8 cm³/mol. The lowest BCUT2D eigenvalue weighted by Crippen LogP contribution is -2.10. The molecule has 0 aromatic heterocycles. The topological polar surface area (TPSA) is 20.2 Å². The van der Waals surface area contributed by atoms with Crippen molar-refractivity contribution < 1.29 is 4.89 Å². The van der Waals surface area contributed by atoms with E-state index in [-0.39, 0.29) is 0 Å². The first kappa shape index (κ1) is 11.4. The number of rotatable bonds is 2. The van der Waals surface area contributed by atoms with Gasteiger partial charge in [0.1, 0.15) is 0 Å². The Kier molecular flexibility index (Phi) is 3.10. The second-order valence-electron chi connectivity index (χ2n) is 4.18. The highest BCUT2D eigenvalue weighted by Gasteiger charge is 2.10. The lowest BCUT2D eigenvalue weighted by atomic mass is 10.1. The molecule has 0 aliphatic carbocycles. The SMILES string of the molecule is OP(c1ccccc1)c1ccc2ccccc2c1. The Bertz CT molecular complexity index is 664. The van der Waals surface area contributed by atoms with Gasteiger partial charge in [-0.3, -0.25) is 0 Å². The van der Waals surface area contributed by atoms with E-state index in [0.29, 0.717) is 0 Å². The summed E-state index contributed by atoms with van der Waals surface area (Å²) in [4.78, 5) is 10.4. The highest BCUT2D eigenvalue weighted by atomic mass is 31.1. The van der Waals surface area contributed by atoms with E-state index >= 15 is 0 Å². The van der Waals surface area contributed by atoms with Crippen LogP contribution >= 0.6 is 8.15 Å². The lowest BCUT2D eigenvalue weighted by molar-refractivity contribution is 0.645. The van der Waals surface area contributed by atoms with Gasteiger partial charge in [-0.2, -0.15) is 0 Å². The van der Waals surface area contributed by atoms with Crippen LogP contribution in [0.5, 0.6) is 0 Å². The van der Waals surface area contributed by atoms with Gasteiger partial charge in [-0.1, -0.05) is 66.7 Å². The minimum atomic E-state index is -1.24. The summed E-state index contributed by atoms with van der Waals surface area (Å²) in [5.41, 5.74) is 0. The summed E-state index contributed by atoms with van der Waals surface area (Å²) in [5.74, 6) is 0. The molecule has 1 unspecified atom stereocenters. The van der Waals surface area contributed by atoms with Crippen LogP contribution in [-0.2, 0) is 0 Å². The summed E-state index contributed by atoms with van der Waals surface area (Å²) < 4.78 is 0. The molecule has 0 fully saturated rings. The van der Waals surface area contributed by atoms with E-state index in [4.69, 9.17) is 0 Å². The van der Waals surface area contributed by atoms with Gasteiger partial charge in [0.25, 0.3) is 0 Å². The maximum absolute atomic E-state index is 10.4. The Balaban J connectivity index is 2.04. The summed E-state index contributed by atoms with van der Waals surface area (Å²) in [5, 5.41) is 4.36. The molecule has 1 nitrogen and oxygen atoms in total. The van der Waals surface area contributed by atoms with Gasteiger partial charge in [0.05, 0.1) is 8.15 Å². The van der Waals surface area contributed by atoms with E-state index < -0.39 is 8.15 Å². The first-order valence-electron chi connectivity index (χ1n) is 5.87. The first-order chi connectivity index (χ1) is 8.84. The Labute approximate surface area is 108 Å². The first-order valence-corrected chi connectivity index (χ1v) is 7.17. The maximum Gasteiger partial charge on any atom is 0.0877 e. The smallest absolute Gasteiger partial charge is 0.0877 e. The highest BCUT2D eigenvalue weighted by molar-refractivity contribution is 7.67. The third-order valence-corrected chi connectivity index (χ3v) is 4.53. The molecule has 0 amide bonds. The Morgan fingerprint density at radius 3 is 2.06 bits per heavy atom. The van der Waals surface area contributed by atoms with Crippen molar-refractivity contribution in [3.05, 3.63) is 72.8 Å². The van der Waals surface area contributed by atoms with Gasteiger partial charge < -0.3 is 4.89 Å². The van der Waals surface area contributed by atoms with E-state index in [1.807, 2.05) is 48.5 Å². The molecule has 0 radical (unpaired) electrons. The van der Waals surface area contributed by atoms with E-state index in [2.05, 4.69) is 24.3 Å². The fourth-order valence-electron chi connectivity index (χ4n) is 2.03. The molecule has 88 valence electrons. The molecule has 3 aromatic rings. The van der Waals surface area contributed by atoms with Crippen LogP contribution in [0.1, 0.15) is 0 Å². The highest BCUT2D eigenvalue weighted by Crippen LogP contribution is 2.29. The fraction of sp³-hybridized carbons (Fsp3) is 0. The van der Waals surface area contributed by atoms with Gasteiger partial charge in [0, 0.05) is 10.6 Å². The molecule has 0 aliphatic heterocycles. The standard InChI is InChI=1S/C16H13OP/c17-18(15-8-2-1-3-9-15)16-11-10-13-6-4-5-7-14(13)12-16/h1-12,17H. The predicted octanol–water partition coefficient (Wildman–Crippen LogP) is 3.18. The van der Waals surface area contributed by atoms with Gasteiger partial charge in [-0.05, 0) is 16.8 Å². The van der Waals surface area contributed by atoms with Crippen LogP contribution in [-0.4, -0.2) is 4.89 Å². The van der Waals surface area contributed by atoms with Crippen molar-refractivity contribution in [1.29, 1.82) is 0 Å². The van der Waals surface area contributed by atoms with E-state index in [1.54, 1.807) is 0 Å². The fourth-order valence-corrected chi connectivity index (χ4v) is 3.26. The monoisotopic (exact) mass is 252 g/mol. The molecule has 0 bridgehead atoms. The van der Waals surface area contributed by atoms with Crippen molar-refractivity contribution in [2.45, 2.75) is 0 Å². The number of hydrogen-bond acceptors (Lipinski definition) is 1. The second kappa shape index (κ2) is 4.89. The van der Waals surface area contributed by atoms with Gasteiger partial charge >= 0.3 is 0 Å². The molecule has 3 rings (SSSR count). The molecular formula is C16H13OP. The molecular weight excluding hydrogens is 239 g/mol. The van der Waals surface area contributed by atoms with Crippen LogP contribution in [0.25, 0.3) is 10.8 Å². The van der Waals surface area contributed by atoms with Crippen molar-refractivity contribution in [1.82, 2.24) is 0 Å². The van der Waals surface area contributed by atoms with Crippen molar-refractivity contribution >= 4 is 29.5 Å². The number of benzene rings is 3. The minimum Gasteiger partial charge on any atom is -0.364 e. The van der Waals surface area contributed by atoms with Crippen LogP contribution < -0.4 is 10.6 Å². The lowest BCUT2D eigenvalue weighted by Gasteiger charge is -2.11. The van der Waals surface area contributed by atoms with Crippen LogP contribution in [0, 0.1) is 0 Å². The Morgan fingerprint density at radius 1 is 0.611 bits per heavy atom. The minimum absolute atomic E-state index is 0.989. The van der Waals surface area contributed by atoms with E-state index in [9.17, 15) is 4.89 Å². The zero-order chi connectivity index (χ0) is 12.4. The molecule has 3 aromatic carbocycles. The molecule has 1 N–H and O–H groups in total. The largest absolute Gasteiger partial charge is 0.364 e. The molecule has 0 heterocycles. The van der Waals surface area contributed by atoms with Crippen molar-refractivity contribution in [2.75, 3.05) is 0 Å². The summed E-state index contributed by atoms with van der Waals surface area (Å²) >= 11 is 0. The van der Waals surface area contributed by atoms with Crippen molar-refractivity contribution in [2.24, 2.45) is 0 Å². The van der Waals surface area contributed by atoms with E-state index in [1.165, 1.54) is 10.8 Å². The number of hydrogen-bond donors (Lipinski definition) is 1. The van der Waals surface area contributed by atoms with Crippen LogP contribution in [0.15, 0.2) is 72.8 Å². The van der Waals surface area contributed by atoms with Gasteiger partial charge in [0.15, 0.2) is 0 Å². The number of fused-ring (bicyclic) bond motifs is 1. The molecule has 0 saturated carbocycles. The molecule has 0 aliphatic rings. The van der Waals surface area contributed by atoms with Crippen LogP contribution in [0.3, 0.4) is 0 Å². The van der Waals surface area contributed by atoms with Crippen molar-refractivity contribution in [3.63, 3.8) is 0 Å².